The van der Waals surface area contributed by atoms with Crippen LogP contribution in [0.3, 0.4) is 0 Å². The van der Waals surface area contributed by atoms with Crippen LogP contribution in [0.2, 0.25) is 10.0 Å². The molecule has 0 aliphatic rings. The zero-order valence-electron chi connectivity index (χ0n) is 12.3. The predicted octanol–water partition coefficient (Wildman–Crippen LogP) is 3.73. The third kappa shape index (κ3) is 4.87. The maximum absolute atomic E-state index is 12.5. The largest absolute Gasteiger partial charge is 0.508 e. The Labute approximate surface area is 149 Å². The molecule has 0 amide bonds. The molecule has 5 nitrogen and oxygen atoms in total. The minimum atomic E-state index is -3.76. The van der Waals surface area contributed by atoms with Gasteiger partial charge in [0, 0.05) is 16.0 Å². The molecule has 0 heterocycles. The molecule has 0 radical (unpaired) electrons. The van der Waals surface area contributed by atoms with E-state index in [1.54, 1.807) is 0 Å². The third-order valence-electron chi connectivity index (χ3n) is 3.39. The molecule has 0 fully saturated rings. The number of halogens is 2. The summed E-state index contributed by atoms with van der Waals surface area (Å²) in [5.74, 6) is -2.41. The van der Waals surface area contributed by atoms with Gasteiger partial charge in [0.15, 0.2) is 9.84 Å². The van der Waals surface area contributed by atoms with Crippen LogP contribution in [0.5, 0.6) is 5.75 Å². The van der Waals surface area contributed by atoms with E-state index in [4.69, 9.17) is 28.3 Å². The lowest BCUT2D eigenvalue weighted by Gasteiger charge is -2.16. The average Bonchev–Trinajstić information content (AvgIpc) is 2.45. The van der Waals surface area contributed by atoms with Gasteiger partial charge >= 0.3 is 5.97 Å². The number of carboxylic acid groups (broad SMARTS) is 1. The predicted molar refractivity (Wildman–Crippen MR) is 91.6 cm³/mol. The van der Waals surface area contributed by atoms with Crippen LogP contribution < -0.4 is 0 Å². The standard InChI is InChI=1S/C16H14Cl2O5S/c17-12-5-10(6-13(18)8-12)11(7-16(20)21)9-24(22,23)15-3-1-14(19)2-4-15/h1-6,8,11,19H,7,9H2,(H,20,21). The molecule has 1 unspecified atom stereocenters. The van der Waals surface area contributed by atoms with Gasteiger partial charge in [-0.2, -0.15) is 0 Å². The van der Waals surface area contributed by atoms with Gasteiger partial charge in [-0.25, -0.2) is 8.42 Å². The Bertz CT molecular complexity index is 827. The molecule has 1 atom stereocenters. The summed E-state index contributed by atoms with van der Waals surface area (Å²) in [5.41, 5.74) is 0.442. The van der Waals surface area contributed by atoms with Gasteiger partial charge in [-0.1, -0.05) is 23.2 Å². The zero-order chi connectivity index (χ0) is 17.9. The van der Waals surface area contributed by atoms with Gasteiger partial charge in [-0.3, -0.25) is 4.79 Å². The Hall–Kier alpha value is -1.76. The number of phenols is 1. The van der Waals surface area contributed by atoms with Crippen LogP contribution in [0, 0.1) is 0 Å². The fourth-order valence-electron chi connectivity index (χ4n) is 2.31. The molecule has 2 N–H and O–H groups in total. The lowest BCUT2D eigenvalue weighted by atomic mass is 9.98. The maximum Gasteiger partial charge on any atom is 0.303 e. The van der Waals surface area contributed by atoms with Crippen molar-refractivity contribution in [2.24, 2.45) is 0 Å². The van der Waals surface area contributed by atoms with E-state index in [0.717, 1.165) is 0 Å². The number of phenolic OH excluding ortho intramolecular Hbond substituents is 1. The number of benzene rings is 2. The lowest BCUT2D eigenvalue weighted by molar-refractivity contribution is -0.137. The van der Waals surface area contributed by atoms with E-state index in [9.17, 15) is 18.3 Å². The highest BCUT2D eigenvalue weighted by Gasteiger charge is 2.25. The highest BCUT2D eigenvalue weighted by Crippen LogP contribution is 2.30. The summed E-state index contributed by atoms with van der Waals surface area (Å²) in [6, 6.07) is 9.56. The van der Waals surface area contributed by atoms with Gasteiger partial charge in [0.05, 0.1) is 17.1 Å². The minimum absolute atomic E-state index is 0.00353. The second kappa shape index (κ2) is 7.42. The van der Waals surface area contributed by atoms with Crippen LogP contribution in [0.15, 0.2) is 47.4 Å². The van der Waals surface area contributed by atoms with Crippen molar-refractivity contribution in [3.8, 4) is 5.75 Å². The molecular formula is C16H14Cl2O5S. The maximum atomic E-state index is 12.5. The Morgan fingerprint density at radius 3 is 2.08 bits per heavy atom. The second-order valence-electron chi connectivity index (χ2n) is 5.27. The van der Waals surface area contributed by atoms with Crippen LogP contribution in [-0.4, -0.2) is 30.4 Å². The molecule has 0 aliphatic carbocycles. The second-order valence-corrected chi connectivity index (χ2v) is 8.18. The van der Waals surface area contributed by atoms with Gasteiger partial charge in [-0.05, 0) is 48.0 Å². The average molecular weight is 389 g/mol. The van der Waals surface area contributed by atoms with E-state index in [1.807, 2.05) is 0 Å². The van der Waals surface area contributed by atoms with Crippen molar-refractivity contribution < 1.29 is 23.4 Å². The van der Waals surface area contributed by atoms with Crippen LogP contribution in [0.1, 0.15) is 17.9 Å². The molecule has 2 aromatic carbocycles. The van der Waals surface area contributed by atoms with Gasteiger partial charge in [0.25, 0.3) is 0 Å². The molecular weight excluding hydrogens is 375 g/mol. The van der Waals surface area contributed by atoms with Gasteiger partial charge in [0.2, 0.25) is 0 Å². The number of carbonyl (C=O) groups is 1. The Morgan fingerprint density at radius 2 is 1.58 bits per heavy atom. The van der Waals surface area contributed by atoms with Crippen molar-refractivity contribution >= 4 is 39.0 Å². The van der Waals surface area contributed by atoms with E-state index in [2.05, 4.69) is 0 Å². The third-order valence-corrected chi connectivity index (χ3v) is 5.66. The highest BCUT2D eigenvalue weighted by molar-refractivity contribution is 7.91. The van der Waals surface area contributed by atoms with Crippen LogP contribution in [0.4, 0.5) is 0 Å². The van der Waals surface area contributed by atoms with Gasteiger partial charge in [0.1, 0.15) is 5.75 Å². The topological polar surface area (TPSA) is 91.7 Å². The molecule has 0 bridgehead atoms. The lowest BCUT2D eigenvalue weighted by Crippen LogP contribution is -2.18. The van der Waals surface area contributed by atoms with E-state index < -0.39 is 27.5 Å². The molecule has 0 aliphatic heterocycles. The summed E-state index contributed by atoms with van der Waals surface area (Å²) in [7, 11) is -3.76. The highest BCUT2D eigenvalue weighted by atomic mass is 35.5. The van der Waals surface area contributed by atoms with Crippen LogP contribution in [-0.2, 0) is 14.6 Å². The number of aromatic hydroxyl groups is 1. The number of hydrogen-bond donors (Lipinski definition) is 2. The Morgan fingerprint density at radius 1 is 1.04 bits per heavy atom. The first-order chi connectivity index (χ1) is 11.2. The number of carboxylic acids is 1. The number of rotatable bonds is 6. The molecule has 2 rings (SSSR count). The molecule has 24 heavy (non-hydrogen) atoms. The Balaban J connectivity index is 2.38. The molecule has 8 heteroatoms. The van der Waals surface area contributed by atoms with Crippen molar-refractivity contribution in [1.29, 1.82) is 0 Å². The normalized spacial score (nSPS) is 12.8. The van der Waals surface area contributed by atoms with Crippen LogP contribution >= 0.6 is 23.2 Å². The monoisotopic (exact) mass is 388 g/mol. The van der Waals surface area contributed by atoms with E-state index in [1.165, 1.54) is 42.5 Å². The number of sulfone groups is 1. The molecule has 0 saturated heterocycles. The zero-order valence-corrected chi connectivity index (χ0v) is 14.6. The first-order valence-electron chi connectivity index (χ1n) is 6.87. The summed E-state index contributed by atoms with van der Waals surface area (Å²) in [5, 5.41) is 19.0. The van der Waals surface area contributed by atoms with Crippen molar-refractivity contribution in [3.05, 3.63) is 58.1 Å². The quantitative estimate of drug-likeness (QED) is 0.786. The van der Waals surface area contributed by atoms with E-state index >= 15 is 0 Å². The summed E-state index contributed by atoms with van der Waals surface area (Å²) in [6.45, 7) is 0. The summed E-state index contributed by atoms with van der Waals surface area (Å²) < 4.78 is 25.1. The van der Waals surface area contributed by atoms with E-state index in [0.29, 0.717) is 15.6 Å². The number of hydrogen-bond acceptors (Lipinski definition) is 4. The van der Waals surface area contributed by atoms with Gasteiger partial charge in [-0.15, -0.1) is 0 Å². The smallest absolute Gasteiger partial charge is 0.303 e. The first kappa shape index (κ1) is 18.6. The number of aliphatic carboxylic acids is 1. The molecule has 0 spiro atoms. The van der Waals surface area contributed by atoms with E-state index in [-0.39, 0.29) is 17.1 Å². The molecule has 0 saturated carbocycles. The molecule has 2 aromatic rings. The molecule has 0 aromatic heterocycles. The van der Waals surface area contributed by atoms with Crippen LogP contribution in [0.25, 0.3) is 0 Å². The minimum Gasteiger partial charge on any atom is -0.508 e. The van der Waals surface area contributed by atoms with Crippen molar-refractivity contribution in [2.45, 2.75) is 17.2 Å². The summed E-state index contributed by atoms with van der Waals surface area (Å²) >= 11 is 11.9. The van der Waals surface area contributed by atoms with Crippen molar-refractivity contribution in [3.63, 3.8) is 0 Å². The van der Waals surface area contributed by atoms with Crippen molar-refractivity contribution in [2.75, 3.05) is 5.75 Å². The SMILES string of the molecule is O=C(O)CC(CS(=O)(=O)c1ccc(O)cc1)c1cc(Cl)cc(Cl)c1. The fraction of sp³-hybridized carbons (Fsp3) is 0.188. The Kier molecular flexibility index (Phi) is 5.74. The summed E-state index contributed by atoms with van der Waals surface area (Å²) in [4.78, 5) is 11.1. The molecule has 128 valence electrons. The first-order valence-corrected chi connectivity index (χ1v) is 9.28. The summed E-state index contributed by atoms with van der Waals surface area (Å²) in [6.07, 6.45) is -0.381. The van der Waals surface area contributed by atoms with Crippen molar-refractivity contribution in [1.82, 2.24) is 0 Å². The fourth-order valence-corrected chi connectivity index (χ4v) is 4.44. The van der Waals surface area contributed by atoms with Gasteiger partial charge < -0.3 is 10.2 Å².